The van der Waals surface area contributed by atoms with Crippen molar-refractivity contribution in [3.8, 4) is 0 Å². The number of hydrogen-bond donors (Lipinski definition) is 0. The lowest BCUT2D eigenvalue weighted by Crippen LogP contribution is -2.13. The van der Waals surface area contributed by atoms with Crippen LogP contribution >= 0.6 is 0 Å². The van der Waals surface area contributed by atoms with Crippen molar-refractivity contribution < 1.29 is 38.1 Å². The van der Waals surface area contributed by atoms with Crippen LogP contribution in [0.25, 0.3) is 0 Å². The van der Waals surface area contributed by atoms with E-state index in [1.54, 1.807) is 0 Å². The first kappa shape index (κ1) is 54.7. The second-order valence-electron chi connectivity index (χ2n) is 14.5. The van der Waals surface area contributed by atoms with E-state index in [0.717, 1.165) is 64.2 Å². The average molecular weight is 717 g/mol. The highest BCUT2D eigenvalue weighted by Crippen LogP contribution is 2.06. The molecule has 0 aromatic carbocycles. The largest absolute Gasteiger partial charge is 0.466 e. The lowest BCUT2D eigenvalue weighted by molar-refractivity contribution is -0.148. The molecule has 8 heteroatoms. The molecule has 8 nitrogen and oxygen atoms in total. The minimum Gasteiger partial charge on any atom is -0.466 e. The van der Waals surface area contributed by atoms with Crippen molar-refractivity contribution in [2.45, 2.75) is 199 Å². The Morgan fingerprint density at radius 2 is 0.680 bits per heavy atom. The van der Waals surface area contributed by atoms with Gasteiger partial charge in [-0.3, -0.25) is 19.2 Å². The molecule has 300 valence electrons. The van der Waals surface area contributed by atoms with Gasteiger partial charge in [-0.1, -0.05) is 147 Å². The Hall–Kier alpha value is -2.12. The summed E-state index contributed by atoms with van der Waals surface area (Å²) in [6.45, 7) is 26.8. The molecule has 0 aliphatic carbocycles. The van der Waals surface area contributed by atoms with Crippen LogP contribution in [0.2, 0.25) is 0 Å². The molecule has 0 aromatic heterocycles. The fraction of sp³-hybridized carbons (Fsp3) is 0.905. The molecule has 0 N–H and O–H groups in total. The van der Waals surface area contributed by atoms with E-state index in [1.165, 1.54) is 38.5 Å². The van der Waals surface area contributed by atoms with Crippen LogP contribution in [0.5, 0.6) is 0 Å². The summed E-state index contributed by atoms with van der Waals surface area (Å²) in [6.07, 6.45) is 19.0. The van der Waals surface area contributed by atoms with Gasteiger partial charge in [0, 0.05) is 12.8 Å². The zero-order chi connectivity index (χ0) is 39.0. The molecule has 0 aliphatic heterocycles. The van der Waals surface area contributed by atoms with E-state index in [9.17, 15) is 19.2 Å². The number of unbranched alkanes of at least 4 members (excludes halogenated alkanes) is 10. The predicted molar refractivity (Wildman–Crippen MR) is 209 cm³/mol. The maximum atomic E-state index is 11.1. The highest BCUT2D eigenvalue weighted by molar-refractivity contribution is 5.71. The maximum Gasteiger partial charge on any atom is 0.308 e. The molecular formula is C42H84O8. The fourth-order valence-corrected chi connectivity index (χ4v) is 3.74. The van der Waals surface area contributed by atoms with Crippen LogP contribution in [0.1, 0.15) is 199 Å². The zero-order valence-electron chi connectivity index (χ0n) is 35.1. The summed E-state index contributed by atoms with van der Waals surface area (Å²) in [4.78, 5) is 44.1. The van der Waals surface area contributed by atoms with E-state index in [-0.39, 0.29) is 35.7 Å². The number of rotatable bonds is 26. The van der Waals surface area contributed by atoms with Gasteiger partial charge in [-0.2, -0.15) is 0 Å². The quantitative estimate of drug-likeness (QED) is 0.0495. The summed E-state index contributed by atoms with van der Waals surface area (Å²) in [7, 11) is 0. The third-order valence-corrected chi connectivity index (χ3v) is 7.31. The third-order valence-electron chi connectivity index (χ3n) is 7.31. The van der Waals surface area contributed by atoms with E-state index in [0.29, 0.717) is 51.1 Å². The van der Waals surface area contributed by atoms with Gasteiger partial charge in [-0.25, -0.2) is 0 Å². The molecule has 0 amide bonds. The van der Waals surface area contributed by atoms with Crippen LogP contribution in [0.15, 0.2) is 0 Å². The summed E-state index contributed by atoms with van der Waals surface area (Å²) in [5, 5.41) is 0. The van der Waals surface area contributed by atoms with Crippen molar-refractivity contribution in [3.05, 3.63) is 0 Å². The molecule has 0 rings (SSSR count). The van der Waals surface area contributed by atoms with Crippen LogP contribution in [0, 0.1) is 23.7 Å². The highest BCUT2D eigenvalue weighted by atomic mass is 16.5. The monoisotopic (exact) mass is 717 g/mol. The Labute approximate surface area is 310 Å². The first-order valence-electron chi connectivity index (χ1n) is 20.3. The normalized spacial score (nSPS) is 10.4. The lowest BCUT2D eigenvalue weighted by Gasteiger charge is -2.07. The maximum absolute atomic E-state index is 11.1. The van der Waals surface area contributed by atoms with E-state index in [1.807, 2.05) is 27.7 Å². The third kappa shape index (κ3) is 52.7. The van der Waals surface area contributed by atoms with Crippen LogP contribution in [-0.2, 0) is 38.1 Å². The van der Waals surface area contributed by atoms with Gasteiger partial charge in [-0.05, 0) is 50.4 Å². The van der Waals surface area contributed by atoms with Crippen LogP contribution in [0.4, 0.5) is 0 Å². The first-order chi connectivity index (χ1) is 23.7. The molecule has 0 bridgehead atoms. The number of ether oxygens (including phenoxy) is 4. The van der Waals surface area contributed by atoms with Crippen LogP contribution in [-0.4, -0.2) is 50.3 Å². The van der Waals surface area contributed by atoms with E-state index in [2.05, 4.69) is 55.4 Å². The Kier molecular flexibility index (Phi) is 47.0. The Bertz CT molecular complexity index is 656. The van der Waals surface area contributed by atoms with E-state index < -0.39 is 0 Å². The number of carbonyl (C=O) groups is 4. The minimum atomic E-state index is -0.0920. The highest BCUT2D eigenvalue weighted by Gasteiger charge is 2.08. The van der Waals surface area contributed by atoms with Crippen molar-refractivity contribution in [1.29, 1.82) is 0 Å². The van der Waals surface area contributed by atoms with Gasteiger partial charge in [0.25, 0.3) is 0 Å². The minimum absolute atomic E-state index is 0.00200. The summed E-state index contributed by atoms with van der Waals surface area (Å²) < 4.78 is 20.1. The molecular weight excluding hydrogens is 632 g/mol. The molecule has 50 heavy (non-hydrogen) atoms. The molecule has 0 saturated heterocycles. The molecule has 0 radical (unpaired) electrons. The molecule has 0 fully saturated rings. The number of hydrogen-bond acceptors (Lipinski definition) is 8. The molecule has 0 atom stereocenters. The summed E-state index contributed by atoms with van der Waals surface area (Å²) >= 11 is 0. The zero-order valence-corrected chi connectivity index (χ0v) is 35.1. The van der Waals surface area contributed by atoms with E-state index in [4.69, 9.17) is 18.9 Å². The van der Waals surface area contributed by atoms with Crippen LogP contribution in [0.3, 0.4) is 0 Å². The molecule has 0 heterocycles. The summed E-state index contributed by atoms with van der Waals surface area (Å²) in [5.41, 5.74) is 0. The van der Waals surface area contributed by atoms with Crippen molar-refractivity contribution in [3.63, 3.8) is 0 Å². The van der Waals surface area contributed by atoms with Crippen molar-refractivity contribution in [2.24, 2.45) is 23.7 Å². The smallest absolute Gasteiger partial charge is 0.308 e. The topological polar surface area (TPSA) is 105 Å². The molecule has 0 saturated carbocycles. The second-order valence-corrected chi connectivity index (χ2v) is 14.5. The summed E-state index contributed by atoms with van der Waals surface area (Å²) in [6, 6.07) is 0. The predicted octanol–water partition coefficient (Wildman–Crippen LogP) is 11.8. The standard InChI is InChI=1S/2C12H24O2.2C9H18O2/c2*1-3-5-7-8-10-12(13)14-11-9-6-4-2;2*1-7(2)5-6-11-9(10)8(3)4/h2*3-11H2,1-2H3;2*7-8H,5-6H2,1-4H3. The van der Waals surface area contributed by atoms with Gasteiger partial charge >= 0.3 is 23.9 Å². The van der Waals surface area contributed by atoms with Crippen molar-refractivity contribution in [1.82, 2.24) is 0 Å². The number of esters is 4. The van der Waals surface area contributed by atoms with E-state index >= 15 is 0 Å². The first-order valence-corrected chi connectivity index (χ1v) is 20.3. The van der Waals surface area contributed by atoms with Gasteiger partial charge < -0.3 is 18.9 Å². The second kappa shape index (κ2) is 43.0. The molecule has 0 aliphatic rings. The van der Waals surface area contributed by atoms with Crippen molar-refractivity contribution >= 4 is 23.9 Å². The van der Waals surface area contributed by atoms with Gasteiger partial charge in [-0.15, -0.1) is 0 Å². The molecule has 0 spiro atoms. The Morgan fingerprint density at radius 3 is 0.940 bits per heavy atom. The average Bonchev–Trinajstić information content (AvgIpc) is 3.06. The van der Waals surface area contributed by atoms with Gasteiger partial charge in [0.05, 0.1) is 38.3 Å². The van der Waals surface area contributed by atoms with Gasteiger partial charge in [0.1, 0.15) is 0 Å². The molecule has 0 aromatic rings. The number of carbonyl (C=O) groups excluding carboxylic acids is 4. The molecule has 0 unspecified atom stereocenters. The lowest BCUT2D eigenvalue weighted by atomic mass is 10.1. The fourth-order valence-electron chi connectivity index (χ4n) is 3.74. The Morgan fingerprint density at radius 1 is 0.380 bits per heavy atom. The summed E-state index contributed by atoms with van der Waals surface area (Å²) in [5.74, 6) is 1.000. The van der Waals surface area contributed by atoms with Gasteiger partial charge in [0.15, 0.2) is 0 Å². The Balaban J connectivity index is -0.000000284. The SMILES string of the molecule is CC(C)CCOC(=O)C(C)C.CC(C)CCOC(=O)C(C)C.CCCCCCC(=O)OCCCCC.CCCCCCC(=O)OCCCCC. The van der Waals surface area contributed by atoms with Gasteiger partial charge in [0.2, 0.25) is 0 Å². The van der Waals surface area contributed by atoms with Crippen LogP contribution < -0.4 is 0 Å². The van der Waals surface area contributed by atoms with Crippen molar-refractivity contribution in [2.75, 3.05) is 26.4 Å².